The first-order valence-electron chi connectivity index (χ1n) is 25.1. The Morgan fingerprint density at radius 2 is 1.05 bits per heavy atom. The van der Waals surface area contributed by atoms with Gasteiger partial charge in [-0.15, -0.1) is 0 Å². The molecule has 1 aliphatic heterocycles. The second-order valence-electron chi connectivity index (χ2n) is 18.9. The lowest BCUT2D eigenvalue weighted by Crippen LogP contribution is -2.65. The Morgan fingerprint density at radius 3 is 1.57 bits per heavy atom. The van der Waals surface area contributed by atoms with Crippen molar-refractivity contribution in [3.05, 3.63) is 36.5 Å². The van der Waals surface area contributed by atoms with Gasteiger partial charge in [0.2, 0.25) is 11.8 Å². The molecule has 1 aliphatic rings. The summed E-state index contributed by atoms with van der Waals surface area (Å²) in [5.74, 6) is 0.00915. The van der Waals surface area contributed by atoms with Gasteiger partial charge in [-0.25, -0.2) is 4.79 Å². The Bertz CT molecular complexity index is 1170. The van der Waals surface area contributed by atoms with Crippen molar-refractivity contribution in [3.8, 4) is 0 Å². The zero-order valence-corrected chi connectivity index (χ0v) is 40.5. The van der Waals surface area contributed by atoms with Crippen LogP contribution in [0.3, 0.4) is 0 Å². The first kappa shape index (κ1) is 55.4. The van der Waals surface area contributed by atoms with Gasteiger partial charge >= 0.3 is 6.09 Å². The van der Waals surface area contributed by atoms with E-state index < -0.39 is 11.1 Å². The molecule has 0 radical (unpaired) electrons. The molecule has 0 aliphatic carbocycles. The maximum absolute atomic E-state index is 14.4. The number of hydrogen-bond acceptors (Lipinski definition) is 5. The Hall–Kier alpha value is -2.61. The van der Waals surface area contributed by atoms with E-state index in [0.717, 1.165) is 57.9 Å². The third-order valence-electron chi connectivity index (χ3n) is 11.8. The Kier molecular flexibility index (Phi) is 33.2. The van der Waals surface area contributed by atoms with Crippen molar-refractivity contribution in [1.29, 1.82) is 0 Å². The van der Waals surface area contributed by atoms with Crippen molar-refractivity contribution >= 4 is 17.9 Å². The maximum Gasteiger partial charge on any atom is 0.410 e. The largest absolute Gasteiger partial charge is 0.444 e. The van der Waals surface area contributed by atoms with Gasteiger partial charge in [-0.3, -0.25) is 9.59 Å². The van der Waals surface area contributed by atoms with Crippen LogP contribution in [0.5, 0.6) is 0 Å². The number of rotatable bonds is 36. The van der Waals surface area contributed by atoms with Crippen LogP contribution in [0.1, 0.15) is 221 Å². The topological polar surface area (TPSA) is 82.2 Å². The molecule has 348 valence electrons. The molecule has 1 rings (SSSR count). The standard InChI is InChI=1S/C52H96N4O4/c1-8-10-12-14-16-18-20-22-24-26-28-30-32-34-36-38-43-53-49(58)52(41-46-55(47-42-52)50(59)60-51(3,4)5)56(45-39-44-54(6)7)48(57)40-37-35-33-31-29-27-25-23-21-19-17-15-13-11-9-2/h17,19,22-25H,8-16,18,20-21,26-47H2,1-7H3,(H,53,58)/b19-17-,24-22-,25-23-. The van der Waals surface area contributed by atoms with Gasteiger partial charge in [0.15, 0.2) is 0 Å². The van der Waals surface area contributed by atoms with Gasteiger partial charge in [-0.05, 0) is 131 Å². The van der Waals surface area contributed by atoms with Crippen molar-refractivity contribution in [2.45, 2.75) is 232 Å². The highest BCUT2D eigenvalue weighted by molar-refractivity contribution is 5.92. The van der Waals surface area contributed by atoms with Crippen LogP contribution in [-0.2, 0) is 14.3 Å². The number of hydrogen-bond donors (Lipinski definition) is 1. The highest BCUT2D eigenvalue weighted by Gasteiger charge is 2.48. The van der Waals surface area contributed by atoms with Crippen molar-refractivity contribution in [2.24, 2.45) is 0 Å². The normalized spacial score (nSPS) is 14.6. The number of allylic oxidation sites excluding steroid dienone is 6. The second-order valence-corrected chi connectivity index (χ2v) is 18.9. The number of unbranched alkanes of at least 4 members (excludes halogenated alkanes) is 20. The van der Waals surface area contributed by atoms with Crippen molar-refractivity contribution in [2.75, 3.05) is 46.8 Å². The number of nitrogens with one attached hydrogen (secondary N) is 1. The molecular weight excluding hydrogens is 745 g/mol. The quantitative estimate of drug-likeness (QED) is 0.0502. The summed E-state index contributed by atoms with van der Waals surface area (Å²) in [6.07, 6.45) is 45.7. The summed E-state index contributed by atoms with van der Waals surface area (Å²) in [7, 11) is 4.09. The van der Waals surface area contributed by atoms with E-state index in [0.29, 0.717) is 45.4 Å². The van der Waals surface area contributed by atoms with Gasteiger partial charge < -0.3 is 24.8 Å². The van der Waals surface area contributed by atoms with Crippen LogP contribution in [0, 0.1) is 0 Å². The molecular formula is C52H96N4O4. The summed E-state index contributed by atoms with van der Waals surface area (Å²) < 4.78 is 5.70. The minimum atomic E-state index is -0.971. The predicted octanol–water partition coefficient (Wildman–Crippen LogP) is 13.5. The van der Waals surface area contributed by atoms with E-state index in [1.54, 1.807) is 4.90 Å². The average Bonchev–Trinajstić information content (AvgIpc) is 3.21. The van der Waals surface area contributed by atoms with Gasteiger partial charge in [0.05, 0.1) is 0 Å². The van der Waals surface area contributed by atoms with Crippen LogP contribution in [0.2, 0.25) is 0 Å². The van der Waals surface area contributed by atoms with Crippen LogP contribution >= 0.6 is 0 Å². The second kappa shape index (κ2) is 35.9. The fraction of sp³-hybridized carbons (Fsp3) is 0.827. The Balaban J connectivity index is 2.70. The molecule has 1 N–H and O–H groups in total. The first-order valence-corrected chi connectivity index (χ1v) is 25.1. The summed E-state index contributed by atoms with van der Waals surface area (Å²) in [5, 5.41) is 3.29. The summed E-state index contributed by atoms with van der Waals surface area (Å²) in [5.41, 5.74) is -1.57. The third-order valence-corrected chi connectivity index (χ3v) is 11.8. The Morgan fingerprint density at radius 1 is 0.600 bits per heavy atom. The molecule has 3 amide bonds. The van der Waals surface area contributed by atoms with Crippen LogP contribution in [0.4, 0.5) is 4.79 Å². The fourth-order valence-electron chi connectivity index (χ4n) is 8.09. The summed E-state index contributed by atoms with van der Waals surface area (Å²) in [4.78, 5) is 47.4. The van der Waals surface area contributed by atoms with Crippen LogP contribution in [0.25, 0.3) is 0 Å². The van der Waals surface area contributed by atoms with Crippen LogP contribution < -0.4 is 5.32 Å². The van der Waals surface area contributed by atoms with Gasteiger partial charge in [0, 0.05) is 32.6 Å². The minimum absolute atomic E-state index is 0.0580. The van der Waals surface area contributed by atoms with Gasteiger partial charge in [-0.2, -0.15) is 0 Å². The van der Waals surface area contributed by atoms with E-state index >= 15 is 0 Å². The molecule has 60 heavy (non-hydrogen) atoms. The number of nitrogens with zero attached hydrogens (tertiary/aromatic N) is 3. The summed E-state index contributed by atoms with van der Waals surface area (Å²) in [6.45, 7) is 12.9. The van der Waals surface area contributed by atoms with E-state index in [9.17, 15) is 14.4 Å². The van der Waals surface area contributed by atoms with E-state index in [1.807, 2.05) is 39.8 Å². The van der Waals surface area contributed by atoms with Crippen LogP contribution in [0.15, 0.2) is 36.5 Å². The van der Waals surface area contributed by atoms with Gasteiger partial charge in [0.25, 0.3) is 0 Å². The molecule has 0 atom stereocenters. The molecule has 1 heterocycles. The molecule has 0 aromatic rings. The lowest BCUT2D eigenvalue weighted by molar-refractivity contribution is -0.151. The third kappa shape index (κ3) is 28.1. The molecule has 0 saturated carbocycles. The lowest BCUT2D eigenvalue weighted by Gasteiger charge is -2.47. The molecule has 0 aromatic heterocycles. The molecule has 8 heteroatoms. The molecule has 1 fully saturated rings. The monoisotopic (exact) mass is 841 g/mol. The van der Waals surface area contributed by atoms with Crippen molar-refractivity contribution in [3.63, 3.8) is 0 Å². The van der Waals surface area contributed by atoms with Crippen LogP contribution in [-0.4, -0.2) is 90.6 Å². The Labute approximate surface area is 371 Å². The van der Waals surface area contributed by atoms with E-state index in [-0.39, 0.29) is 17.9 Å². The number of amides is 3. The zero-order chi connectivity index (χ0) is 44.2. The minimum Gasteiger partial charge on any atom is -0.444 e. The fourth-order valence-corrected chi connectivity index (χ4v) is 8.09. The van der Waals surface area contributed by atoms with Gasteiger partial charge in [-0.1, -0.05) is 140 Å². The predicted molar refractivity (Wildman–Crippen MR) is 256 cm³/mol. The van der Waals surface area contributed by atoms with E-state index in [1.165, 1.54) is 116 Å². The van der Waals surface area contributed by atoms with Crippen molar-refractivity contribution < 1.29 is 19.1 Å². The number of piperidine rings is 1. The van der Waals surface area contributed by atoms with Crippen molar-refractivity contribution in [1.82, 2.24) is 20.0 Å². The van der Waals surface area contributed by atoms with Gasteiger partial charge in [0.1, 0.15) is 11.1 Å². The molecule has 0 bridgehead atoms. The SMILES string of the molecule is CCCCC/C=C\C/C=C\CCCCCCCC(=O)N(CCCN(C)C)C1(C(=O)NCCCCCCCC/C=C\CCCCCCCC)CCN(C(=O)OC(C)(C)C)CC1. The molecule has 0 aromatic carbocycles. The number of likely N-dealkylation sites (tertiary alicyclic amines) is 1. The lowest BCUT2D eigenvalue weighted by atomic mass is 9.83. The molecule has 8 nitrogen and oxygen atoms in total. The molecule has 0 spiro atoms. The summed E-state index contributed by atoms with van der Waals surface area (Å²) in [6, 6.07) is 0. The summed E-state index contributed by atoms with van der Waals surface area (Å²) >= 11 is 0. The molecule has 1 saturated heterocycles. The number of carbonyl (C=O) groups excluding carboxylic acids is 3. The maximum atomic E-state index is 14.4. The van der Waals surface area contributed by atoms with E-state index in [4.69, 9.17) is 4.74 Å². The highest BCUT2D eigenvalue weighted by atomic mass is 16.6. The number of ether oxygens (including phenoxy) is 1. The number of carbonyl (C=O) groups is 3. The zero-order valence-electron chi connectivity index (χ0n) is 40.5. The smallest absolute Gasteiger partial charge is 0.410 e. The molecule has 0 unspecified atom stereocenters. The average molecular weight is 841 g/mol. The van der Waals surface area contributed by atoms with E-state index in [2.05, 4.69) is 60.5 Å². The first-order chi connectivity index (χ1) is 29.0. The highest BCUT2D eigenvalue weighted by Crippen LogP contribution is 2.32.